The minimum absolute atomic E-state index is 0.110. The highest BCUT2D eigenvalue weighted by Gasteiger charge is 2.42. The summed E-state index contributed by atoms with van der Waals surface area (Å²) in [5.41, 5.74) is 4.56. The average molecular weight is 382 g/mol. The molecule has 0 saturated carbocycles. The fraction of sp³-hybridized carbons (Fsp3) is 0.409. The Kier molecular flexibility index (Phi) is 5.13. The van der Waals surface area contributed by atoms with Crippen LogP contribution in [0.15, 0.2) is 41.6 Å². The third kappa shape index (κ3) is 3.40. The molecule has 4 rings (SSSR count). The van der Waals surface area contributed by atoms with Crippen molar-refractivity contribution in [3.8, 4) is 17.2 Å². The lowest BCUT2D eigenvalue weighted by Gasteiger charge is -2.19. The Balaban J connectivity index is 1.50. The van der Waals surface area contributed by atoms with E-state index in [2.05, 4.69) is 41.2 Å². The summed E-state index contributed by atoms with van der Waals surface area (Å²) in [6, 6.07) is 12.5. The molecule has 6 nitrogen and oxygen atoms in total. The molecule has 0 aromatic heterocycles. The number of aryl methyl sites for hydroxylation is 1. The summed E-state index contributed by atoms with van der Waals surface area (Å²) in [6.45, 7) is 4.64. The van der Waals surface area contributed by atoms with Gasteiger partial charge in [0.15, 0.2) is 11.5 Å². The van der Waals surface area contributed by atoms with Crippen LogP contribution in [0.2, 0.25) is 0 Å². The number of likely N-dealkylation sites (tertiary alicyclic amines) is 1. The van der Waals surface area contributed by atoms with Gasteiger partial charge in [0.1, 0.15) is 6.10 Å². The first-order valence-corrected chi connectivity index (χ1v) is 9.45. The predicted molar refractivity (Wildman–Crippen MR) is 107 cm³/mol. The first kappa shape index (κ1) is 18.6. The summed E-state index contributed by atoms with van der Waals surface area (Å²) in [5.74, 6) is 2.26. The minimum atomic E-state index is 0.110. The zero-order valence-electron chi connectivity index (χ0n) is 16.8. The van der Waals surface area contributed by atoms with Crippen molar-refractivity contribution in [2.75, 3.05) is 34.4 Å². The fourth-order valence-corrected chi connectivity index (χ4v) is 4.02. The van der Waals surface area contributed by atoms with E-state index in [1.807, 2.05) is 12.1 Å². The molecule has 2 atom stereocenters. The highest BCUT2D eigenvalue weighted by Crippen LogP contribution is 2.39. The maximum absolute atomic E-state index is 5.75. The second-order valence-corrected chi connectivity index (χ2v) is 7.32. The SMILES string of the molecule is COc1cc(CN2C[C@@H]3ON=C(c4ccc(C)cc4)[C@H]3C2)cc(OC)c1OC. The van der Waals surface area contributed by atoms with Crippen LogP contribution in [0.25, 0.3) is 0 Å². The third-order valence-electron chi connectivity index (χ3n) is 5.46. The molecule has 0 aliphatic carbocycles. The average Bonchev–Trinajstić information content (AvgIpc) is 3.28. The number of rotatable bonds is 6. The molecule has 0 spiro atoms. The summed E-state index contributed by atoms with van der Waals surface area (Å²) in [7, 11) is 4.89. The molecule has 2 aromatic rings. The highest BCUT2D eigenvalue weighted by molar-refractivity contribution is 6.03. The molecular weight excluding hydrogens is 356 g/mol. The number of ether oxygens (including phenoxy) is 3. The Morgan fingerprint density at radius 3 is 2.29 bits per heavy atom. The zero-order valence-corrected chi connectivity index (χ0v) is 16.8. The maximum Gasteiger partial charge on any atom is 0.203 e. The van der Waals surface area contributed by atoms with Crippen LogP contribution in [0.3, 0.4) is 0 Å². The molecule has 2 heterocycles. The van der Waals surface area contributed by atoms with Gasteiger partial charge in [0.2, 0.25) is 5.75 Å². The zero-order chi connectivity index (χ0) is 19.7. The Morgan fingerprint density at radius 1 is 1.00 bits per heavy atom. The Bertz CT molecular complexity index is 854. The lowest BCUT2D eigenvalue weighted by atomic mass is 9.94. The van der Waals surface area contributed by atoms with E-state index in [1.165, 1.54) is 5.56 Å². The minimum Gasteiger partial charge on any atom is -0.493 e. The van der Waals surface area contributed by atoms with Crippen molar-refractivity contribution < 1.29 is 19.0 Å². The largest absolute Gasteiger partial charge is 0.493 e. The van der Waals surface area contributed by atoms with Gasteiger partial charge in [-0.15, -0.1) is 0 Å². The molecule has 28 heavy (non-hydrogen) atoms. The molecule has 1 saturated heterocycles. The number of nitrogens with zero attached hydrogens (tertiary/aromatic N) is 2. The molecular formula is C22H26N2O4. The van der Waals surface area contributed by atoms with Crippen LogP contribution in [0.5, 0.6) is 17.2 Å². The van der Waals surface area contributed by atoms with E-state index in [0.717, 1.165) is 36.5 Å². The molecule has 0 unspecified atom stereocenters. The lowest BCUT2D eigenvalue weighted by molar-refractivity contribution is 0.0745. The van der Waals surface area contributed by atoms with Crippen LogP contribution >= 0.6 is 0 Å². The van der Waals surface area contributed by atoms with Gasteiger partial charge in [-0.3, -0.25) is 4.90 Å². The molecule has 2 aromatic carbocycles. The Morgan fingerprint density at radius 2 is 1.68 bits per heavy atom. The van der Waals surface area contributed by atoms with Gasteiger partial charge in [-0.25, -0.2) is 0 Å². The van der Waals surface area contributed by atoms with Gasteiger partial charge in [-0.1, -0.05) is 35.0 Å². The van der Waals surface area contributed by atoms with E-state index in [1.54, 1.807) is 21.3 Å². The molecule has 0 radical (unpaired) electrons. The second kappa shape index (κ2) is 7.72. The number of hydrogen-bond donors (Lipinski definition) is 0. The van der Waals surface area contributed by atoms with Crippen LogP contribution in [-0.4, -0.2) is 51.1 Å². The molecule has 0 amide bonds. The standard InChI is InChI=1S/C22H26N2O4/c1-14-5-7-16(8-6-14)21-17-12-24(13-20(17)28-23-21)11-15-9-18(25-2)22(27-4)19(10-15)26-3/h5-10,17,20H,11-13H2,1-4H3/t17-,20-/m0/s1. The second-order valence-electron chi connectivity index (χ2n) is 7.32. The van der Waals surface area contributed by atoms with Crippen molar-refractivity contribution >= 4 is 5.71 Å². The van der Waals surface area contributed by atoms with Crippen molar-refractivity contribution in [2.45, 2.75) is 19.6 Å². The number of hydrogen-bond acceptors (Lipinski definition) is 6. The number of benzene rings is 2. The predicted octanol–water partition coefficient (Wildman–Crippen LogP) is 3.26. The quantitative estimate of drug-likeness (QED) is 0.768. The van der Waals surface area contributed by atoms with E-state index >= 15 is 0 Å². The van der Waals surface area contributed by atoms with Crippen LogP contribution in [0, 0.1) is 12.8 Å². The van der Waals surface area contributed by atoms with Gasteiger partial charge in [0.25, 0.3) is 0 Å². The van der Waals surface area contributed by atoms with Crippen molar-refractivity contribution in [1.29, 1.82) is 0 Å². The van der Waals surface area contributed by atoms with Crippen molar-refractivity contribution in [1.82, 2.24) is 4.90 Å². The van der Waals surface area contributed by atoms with Crippen molar-refractivity contribution in [2.24, 2.45) is 11.1 Å². The fourth-order valence-electron chi connectivity index (χ4n) is 4.02. The van der Waals surface area contributed by atoms with Crippen LogP contribution in [0.1, 0.15) is 16.7 Å². The van der Waals surface area contributed by atoms with Crippen LogP contribution in [0.4, 0.5) is 0 Å². The van der Waals surface area contributed by atoms with Gasteiger partial charge in [-0.2, -0.15) is 0 Å². The Labute approximate surface area is 165 Å². The number of oxime groups is 1. The van der Waals surface area contributed by atoms with E-state index in [-0.39, 0.29) is 6.10 Å². The summed E-state index contributed by atoms with van der Waals surface area (Å²) in [4.78, 5) is 8.13. The summed E-state index contributed by atoms with van der Waals surface area (Å²) >= 11 is 0. The van der Waals surface area contributed by atoms with Gasteiger partial charge in [-0.05, 0) is 30.2 Å². The van der Waals surface area contributed by atoms with Crippen LogP contribution < -0.4 is 14.2 Å². The lowest BCUT2D eigenvalue weighted by Crippen LogP contribution is -2.23. The van der Waals surface area contributed by atoms with Crippen molar-refractivity contribution in [3.63, 3.8) is 0 Å². The molecule has 2 aliphatic rings. The number of methoxy groups -OCH3 is 3. The third-order valence-corrected chi connectivity index (χ3v) is 5.46. The molecule has 0 N–H and O–H groups in total. The van der Waals surface area contributed by atoms with E-state index in [4.69, 9.17) is 19.0 Å². The van der Waals surface area contributed by atoms with E-state index in [9.17, 15) is 0 Å². The smallest absolute Gasteiger partial charge is 0.203 e. The highest BCUT2D eigenvalue weighted by atomic mass is 16.6. The molecule has 6 heteroatoms. The van der Waals surface area contributed by atoms with Gasteiger partial charge in [0, 0.05) is 19.6 Å². The van der Waals surface area contributed by atoms with Crippen molar-refractivity contribution in [3.05, 3.63) is 53.1 Å². The first-order chi connectivity index (χ1) is 13.6. The van der Waals surface area contributed by atoms with Crippen LogP contribution in [-0.2, 0) is 11.4 Å². The van der Waals surface area contributed by atoms with Gasteiger partial charge in [0.05, 0.1) is 33.0 Å². The Hall–Kier alpha value is -2.73. The van der Waals surface area contributed by atoms with Gasteiger partial charge >= 0.3 is 0 Å². The molecule has 148 valence electrons. The summed E-state index contributed by atoms with van der Waals surface area (Å²) in [6.07, 6.45) is 0.110. The normalized spacial score (nSPS) is 21.1. The topological polar surface area (TPSA) is 52.5 Å². The molecule has 1 fully saturated rings. The van der Waals surface area contributed by atoms with E-state index < -0.39 is 0 Å². The maximum atomic E-state index is 5.75. The number of fused-ring (bicyclic) bond motifs is 1. The molecule has 2 aliphatic heterocycles. The first-order valence-electron chi connectivity index (χ1n) is 9.45. The summed E-state index contributed by atoms with van der Waals surface area (Å²) in [5, 5.41) is 4.37. The van der Waals surface area contributed by atoms with Gasteiger partial charge < -0.3 is 19.0 Å². The van der Waals surface area contributed by atoms with E-state index in [0.29, 0.717) is 23.2 Å². The molecule has 0 bridgehead atoms. The summed E-state index contributed by atoms with van der Waals surface area (Å²) < 4.78 is 16.4. The monoisotopic (exact) mass is 382 g/mol.